The number of sulfonamides is 1. The highest BCUT2D eigenvalue weighted by Crippen LogP contribution is 2.30. The van der Waals surface area contributed by atoms with Crippen molar-refractivity contribution in [3.63, 3.8) is 0 Å². The lowest BCUT2D eigenvalue weighted by atomic mass is 9.86. The summed E-state index contributed by atoms with van der Waals surface area (Å²) in [7, 11) is -3.42. The molecule has 0 saturated carbocycles. The molecule has 7 heteroatoms. The monoisotopic (exact) mass is 446 g/mol. The van der Waals surface area contributed by atoms with Crippen molar-refractivity contribution in [1.82, 2.24) is 5.32 Å². The summed E-state index contributed by atoms with van der Waals surface area (Å²) in [5, 5.41) is 2.84. The minimum atomic E-state index is -3.42. The number of carbonyl (C=O) groups is 1. The molecule has 2 aromatic rings. The fraction of sp³-hybridized carbons (Fsp3) is 0.458. The van der Waals surface area contributed by atoms with E-state index in [1.165, 1.54) is 10.6 Å². The van der Waals surface area contributed by atoms with E-state index in [2.05, 4.69) is 32.2 Å². The van der Waals surface area contributed by atoms with E-state index >= 15 is 0 Å². The van der Waals surface area contributed by atoms with Crippen molar-refractivity contribution in [2.75, 3.05) is 30.3 Å². The number of nitrogens with one attached hydrogen (secondary N) is 1. The maximum atomic E-state index is 12.2. The molecule has 2 aromatic carbocycles. The van der Waals surface area contributed by atoms with Crippen LogP contribution in [0.25, 0.3) is 0 Å². The topological polar surface area (TPSA) is 75.7 Å². The number of rotatable bonds is 10. The molecule has 0 radical (unpaired) electrons. The molecule has 6 nitrogen and oxygen atoms in total. The van der Waals surface area contributed by atoms with E-state index in [1.807, 2.05) is 43.3 Å². The number of ether oxygens (including phenoxy) is 1. The van der Waals surface area contributed by atoms with Crippen molar-refractivity contribution in [1.29, 1.82) is 0 Å². The molecule has 1 amide bonds. The van der Waals surface area contributed by atoms with E-state index < -0.39 is 10.0 Å². The molecule has 170 valence electrons. The average molecular weight is 447 g/mol. The van der Waals surface area contributed by atoms with Crippen LogP contribution in [0.15, 0.2) is 48.5 Å². The molecular formula is C24H34N2O4S. The highest BCUT2D eigenvalue weighted by molar-refractivity contribution is 7.92. The molecule has 0 aromatic heterocycles. The van der Waals surface area contributed by atoms with Gasteiger partial charge in [-0.2, -0.15) is 0 Å². The van der Waals surface area contributed by atoms with E-state index in [-0.39, 0.29) is 24.3 Å². The molecule has 0 heterocycles. The van der Waals surface area contributed by atoms with Crippen molar-refractivity contribution >= 4 is 21.6 Å². The van der Waals surface area contributed by atoms with E-state index in [0.29, 0.717) is 25.3 Å². The highest BCUT2D eigenvalue weighted by atomic mass is 32.2. The standard InChI is InChI=1S/C24H34N2O4S/c1-19-11-6-8-13-21(19)26(31(5,28)29)17-10-15-23(27)25-16-18-30-22-14-9-7-12-20(22)24(2,3)4/h6-9,11-14H,10,15-18H2,1-5H3,(H,25,27). The predicted octanol–water partition coefficient (Wildman–Crippen LogP) is 4.03. The lowest BCUT2D eigenvalue weighted by Gasteiger charge is -2.24. The zero-order chi connectivity index (χ0) is 23.1. The summed E-state index contributed by atoms with van der Waals surface area (Å²) < 4.78 is 31.7. The number of anilines is 1. The second kappa shape index (κ2) is 10.7. The highest BCUT2D eigenvalue weighted by Gasteiger charge is 2.20. The van der Waals surface area contributed by atoms with Crippen molar-refractivity contribution in [2.24, 2.45) is 0 Å². The van der Waals surface area contributed by atoms with Crippen molar-refractivity contribution in [3.8, 4) is 5.75 Å². The molecule has 0 fully saturated rings. The van der Waals surface area contributed by atoms with Crippen LogP contribution in [0.5, 0.6) is 5.75 Å². The molecule has 0 atom stereocenters. The molecule has 0 saturated heterocycles. The van der Waals surface area contributed by atoms with Gasteiger partial charge in [-0.1, -0.05) is 57.2 Å². The first-order valence-electron chi connectivity index (χ1n) is 10.5. The minimum Gasteiger partial charge on any atom is -0.491 e. The number of aryl methyl sites for hydroxylation is 1. The molecular weight excluding hydrogens is 412 g/mol. The minimum absolute atomic E-state index is 0.0254. The largest absolute Gasteiger partial charge is 0.491 e. The summed E-state index contributed by atoms with van der Waals surface area (Å²) in [5.41, 5.74) is 2.63. The third-order valence-electron chi connectivity index (χ3n) is 4.93. The Labute approximate surface area is 186 Å². The quantitative estimate of drug-likeness (QED) is 0.559. The van der Waals surface area contributed by atoms with Crippen molar-refractivity contribution < 1.29 is 17.9 Å². The van der Waals surface area contributed by atoms with Gasteiger partial charge >= 0.3 is 0 Å². The zero-order valence-corrected chi connectivity index (χ0v) is 20.0. The van der Waals surface area contributed by atoms with Gasteiger partial charge in [-0.25, -0.2) is 8.42 Å². The Balaban J connectivity index is 1.80. The van der Waals surface area contributed by atoms with E-state index in [0.717, 1.165) is 16.9 Å². The molecule has 0 aliphatic heterocycles. The summed E-state index contributed by atoms with van der Waals surface area (Å²) >= 11 is 0. The number of hydrogen-bond donors (Lipinski definition) is 1. The normalized spacial score (nSPS) is 11.8. The average Bonchev–Trinajstić information content (AvgIpc) is 2.68. The Morgan fingerprint density at radius 2 is 1.71 bits per heavy atom. The van der Waals surface area contributed by atoms with Crippen LogP contribution in [-0.2, 0) is 20.2 Å². The molecule has 0 unspecified atom stereocenters. The van der Waals surface area contributed by atoms with E-state index in [9.17, 15) is 13.2 Å². The second-order valence-electron chi connectivity index (χ2n) is 8.67. The van der Waals surface area contributed by atoms with Gasteiger partial charge in [-0.3, -0.25) is 9.10 Å². The molecule has 0 bridgehead atoms. The van der Waals surface area contributed by atoms with Gasteiger partial charge in [0.2, 0.25) is 15.9 Å². The van der Waals surface area contributed by atoms with Gasteiger partial charge in [0.15, 0.2) is 0 Å². The van der Waals surface area contributed by atoms with Crippen molar-refractivity contribution in [2.45, 2.75) is 46.0 Å². The van der Waals surface area contributed by atoms with Gasteiger partial charge < -0.3 is 10.1 Å². The molecule has 0 aliphatic rings. The van der Waals surface area contributed by atoms with Gasteiger partial charge in [0.05, 0.1) is 18.5 Å². The lowest BCUT2D eigenvalue weighted by Crippen LogP contribution is -2.33. The number of hydrogen-bond acceptors (Lipinski definition) is 4. The maximum absolute atomic E-state index is 12.2. The van der Waals surface area contributed by atoms with Gasteiger partial charge in [0, 0.05) is 13.0 Å². The van der Waals surface area contributed by atoms with E-state index in [4.69, 9.17) is 4.74 Å². The fourth-order valence-corrected chi connectivity index (χ4v) is 4.37. The molecule has 2 rings (SSSR count). The number of amides is 1. The predicted molar refractivity (Wildman–Crippen MR) is 126 cm³/mol. The van der Waals surface area contributed by atoms with Gasteiger partial charge in [0.25, 0.3) is 0 Å². The Hall–Kier alpha value is -2.54. The van der Waals surface area contributed by atoms with Crippen LogP contribution in [0.4, 0.5) is 5.69 Å². The Morgan fingerprint density at radius 3 is 2.35 bits per heavy atom. The van der Waals surface area contributed by atoms with Crippen LogP contribution in [-0.4, -0.2) is 40.3 Å². The third-order valence-corrected chi connectivity index (χ3v) is 6.11. The molecule has 1 N–H and O–H groups in total. The number of nitrogens with zero attached hydrogens (tertiary/aromatic N) is 1. The summed E-state index contributed by atoms with van der Waals surface area (Å²) in [4.78, 5) is 12.2. The Bertz CT molecular complexity index is 981. The maximum Gasteiger partial charge on any atom is 0.232 e. The molecule has 0 spiro atoms. The van der Waals surface area contributed by atoms with Crippen LogP contribution in [0.2, 0.25) is 0 Å². The fourth-order valence-electron chi connectivity index (χ4n) is 3.34. The number of carbonyl (C=O) groups excluding carboxylic acids is 1. The summed E-state index contributed by atoms with van der Waals surface area (Å²) in [6, 6.07) is 15.3. The van der Waals surface area contributed by atoms with E-state index in [1.54, 1.807) is 6.07 Å². The smallest absolute Gasteiger partial charge is 0.232 e. The SMILES string of the molecule is Cc1ccccc1N(CCCC(=O)NCCOc1ccccc1C(C)(C)C)S(C)(=O)=O. The van der Waals surface area contributed by atoms with Crippen LogP contribution in [0.3, 0.4) is 0 Å². The summed E-state index contributed by atoms with van der Waals surface area (Å²) in [6.07, 6.45) is 1.86. The number of para-hydroxylation sites is 2. The molecule has 0 aliphatic carbocycles. The molecule has 31 heavy (non-hydrogen) atoms. The first-order chi connectivity index (χ1) is 14.5. The first kappa shape index (κ1) is 24.7. The van der Waals surface area contributed by atoms with Gasteiger partial charge in [-0.15, -0.1) is 0 Å². The zero-order valence-electron chi connectivity index (χ0n) is 19.1. The van der Waals surface area contributed by atoms with Crippen LogP contribution >= 0.6 is 0 Å². The Kier molecular flexibility index (Phi) is 8.51. The van der Waals surface area contributed by atoms with Crippen molar-refractivity contribution in [3.05, 3.63) is 59.7 Å². The van der Waals surface area contributed by atoms with Crippen LogP contribution < -0.4 is 14.4 Å². The van der Waals surface area contributed by atoms with Gasteiger partial charge in [-0.05, 0) is 42.0 Å². The second-order valence-corrected chi connectivity index (χ2v) is 10.6. The van der Waals surface area contributed by atoms with Crippen LogP contribution in [0, 0.1) is 6.92 Å². The Morgan fingerprint density at radius 1 is 1.06 bits per heavy atom. The third kappa shape index (κ3) is 7.58. The summed E-state index contributed by atoms with van der Waals surface area (Å²) in [5.74, 6) is 0.706. The van der Waals surface area contributed by atoms with Gasteiger partial charge in [0.1, 0.15) is 12.4 Å². The van der Waals surface area contributed by atoms with Crippen LogP contribution in [0.1, 0.15) is 44.7 Å². The number of benzene rings is 2. The lowest BCUT2D eigenvalue weighted by molar-refractivity contribution is -0.121. The summed E-state index contributed by atoms with van der Waals surface area (Å²) in [6.45, 7) is 9.29. The first-order valence-corrected chi connectivity index (χ1v) is 12.4.